The standard InChI is InChI=1S/C22H26N2O4S/c1-15-6-5-7-16(2)22(15)24-21(26)14-29(27)13-20(25)23-12-19-18-9-4-3-8-17(18)10-11-28-19/h3-9,19H,10-14H2,1-2H3,(H,23,25)(H,24,26)/t19-,29-/m0/s1. The minimum atomic E-state index is -1.58. The van der Waals surface area contributed by atoms with Crippen molar-refractivity contribution in [2.24, 2.45) is 0 Å². The molecule has 6 nitrogen and oxygen atoms in total. The molecule has 2 atom stereocenters. The molecule has 2 amide bonds. The van der Waals surface area contributed by atoms with Crippen molar-refractivity contribution in [2.75, 3.05) is 30.0 Å². The van der Waals surface area contributed by atoms with E-state index in [4.69, 9.17) is 4.74 Å². The molecule has 1 aliphatic rings. The molecular weight excluding hydrogens is 388 g/mol. The zero-order valence-corrected chi connectivity index (χ0v) is 17.5. The Hall–Kier alpha value is -2.51. The van der Waals surface area contributed by atoms with E-state index >= 15 is 0 Å². The van der Waals surface area contributed by atoms with Crippen molar-refractivity contribution in [3.63, 3.8) is 0 Å². The number of para-hydroxylation sites is 1. The number of amides is 2. The number of hydrogen-bond donors (Lipinski definition) is 2. The van der Waals surface area contributed by atoms with Gasteiger partial charge in [0.15, 0.2) is 0 Å². The third-order valence-electron chi connectivity index (χ3n) is 4.91. The van der Waals surface area contributed by atoms with E-state index in [2.05, 4.69) is 16.7 Å². The van der Waals surface area contributed by atoms with E-state index in [9.17, 15) is 13.8 Å². The van der Waals surface area contributed by atoms with Crippen LogP contribution in [0.1, 0.15) is 28.4 Å². The van der Waals surface area contributed by atoms with E-state index in [0.29, 0.717) is 13.2 Å². The second-order valence-electron chi connectivity index (χ2n) is 7.16. The number of carbonyl (C=O) groups excluding carboxylic acids is 2. The molecule has 0 spiro atoms. The van der Waals surface area contributed by atoms with Crippen LogP contribution in [-0.2, 0) is 31.5 Å². The molecule has 0 fully saturated rings. The first-order valence-corrected chi connectivity index (χ1v) is 11.1. The highest BCUT2D eigenvalue weighted by molar-refractivity contribution is 7.86. The molecule has 0 aliphatic carbocycles. The summed E-state index contributed by atoms with van der Waals surface area (Å²) in [7, 11) is -1.58. The van der Waals surface area contributed by atoms with Crippen LogP contribution in [0.3, 0.4) is 0 Å². The Balaban J connectivity index is 1.46. The number of hydrogen-bond acceptors (Lipinski definition) is 4. The lowest BCUT2D eigenvalue weighted by atomic mass is 9.97. The fourth-order valence-electron chi connectivity index (χ4n) is 3.43. The molecule has 2 aromatic carbocycles. The molecule has 29 heavy (non-hydrogen) atoms. The Morgan fingerprint density at radius 2 is 1.72 bits per heavy atom. The van der Waals surface area contributed by atoms with Crippen LogP contribution in [0.5, 0.6) is 0 Å². The van der Waals surface area contributed by atoms with E-state index in [1.165, 1.54) is 5.56 Å². The normalized spacial score (nSPS) is 16.6. The van der Waals surface area contributed by atoms with Crippen LogP contribution in [0.25, 0.3) is 0 Å². The molecule has 0 radical (unpaired) electrons. The maximum absolute atomic E-state index is 12.2. The lowest BCUT2D eigenvalue weighted by Crippen LogP contribution is -2.35. The van der Waals surface area contributed by atoms with Crippen molar-refractivity contribution in [1.82, 2.24) is 5.32 Å². The van der Waals surface area contributed by atoms with Crippen molar-refractivity contribution < 1.29 is 18.5 Å². The summed E-state index contributed by atoms with van der Waals surface area (Å²) in [5.74, 6) is -1.15. The van der Waals surface area contributed by atoms with Crippen molar-refractivity contribution in [3.8, 4) is 0 Å². The summed E-state index contributed by atoms with van der Waals surface area (Å²) in [6, 6.07) is 13.7. The largest absolute Gasteiger partial charge is 0.371 e. The molecular formula is C22H26N2O4S. The number of benzene rings is 2. The predicted molar refractivity (Wildman–Crippen MR) is 114 cm³/mol. The Bertz CT molecular complexity index is 909. The lowest BCUT2D eigenvalue weighted by Gasteiger charge is -2.26. The smallest absolute Gasteiger partial charge is 0.237 e. The minimum Gasteiger partial charge on any atom is -0.371 e. The van der Waals surface area contributed by atoms with Crippen molar-refractivity contribution in [3.05, 3.63) is 64.7 Å². The Kier molecular flexibility index (Phi) is 7.17. The maximum Gasteiger partial charge on any atom is 0.237 e. The number of anilines is 1. The number of aryl methyl sites for hydroxylation is 2. The monoisotopic (exact) mass is 414 g/mol. The van der Waals surface area contributed by atoms with Crippen LogP contribution in [0.2, 0.25) is 0 Å². The van der Waals surface area contributed by atoms with Crippen LogP contribution < -0.4 is 10.6 Å². The molecule has 2 N–H and O–H groups in total. The summed E-state index contributed by atoms with van der Waals surface area (Å²) in [6.07, 6.45) is 0.657. The van der Waals surface area contributed by atoms with E-state index in [1.807, 2.05) is 50.2 Å². The van der Waals surface area contributed by atoms with E-state index < -0.39 is 10.8 Å². The van der Waals surface area contributed by atoms with Gasteiger partial charge in [0, 0.05) is 23.0 Å². The fraction of sp³-hybridized carbons (Fsp3) is 0.364. The summed E-state index contributed by atoms with van der Waals surface area (Å²) in [4.78, 5) is 24.4. The molecule has 3 rings (SSSR count). The van der Waals surface area contributed by atoms with Gasteiger partial charge in [-0.05, 0) is 42.5 Å². The molecule has 0 unspecified atom stereocenters. The third kappa shape index (κ3) is 5.74. The van der Waals surface area contributed by atoms with Gasteiger partial charge in [0.1, 0.15) is 17.6 Å². The zero-order valence-electron chi connectivity index (χ0n) is 16.7. The second kappa shape index (κ2) is 9.80. The van der Waals surface area contributed by atoms with Gasteiger partial charge in [0.05, 0.1) is 6.61 Å². The summed E-state index contributed by atoms with van der Waals surface area (Å²) in [5.41, 5.74) is 4.91. The SMILES string of the molecule is Cc1cccc(C)c1NC(=O)C[S@@](=O)CC(=O)NC[C@@H]1OCCc2ccccc21. The molecule has 1 heterocycles. The van der Waals surface area contributed by atoms with Crippen molar-refractivity contribution in [1.29, 1.82) is 0 Å². The highest BCUT2D eigenvalue weighted by Gasteiger charge is 2.21. The second-order valence-corrected chi connectivity index (χ2v) is 8.61. The average Bonchev–Trinajstić information content (AvgIpc) is 2.69. The zero-order chi connectivity index (χ0) is 20.8. The molecule has 7 heteroatoms. The van der Waals surface area contributed by atoms with Crippen LogP contribution in [0.4, 0.5) is 5.69 Å². The van der Waals surface area contributed by atoms with Gasteiger partial charge in [-0.3, -0.25) is 13.8 Å². The van der Waals surface area contributed by atoms with Crippen LogP contribution in [0, 0.1) is 13.8 Å². The number of nitrogens with one attached hydrogen (secondary N) is 2. The Morgan fingerprint density at radius 3 is 2.48 bits per heavy atom. The molecule has 0 saturated heterocycles. The molecule has 0 saturated carbocycles. The van der Waals surface area contributed by atoms with Gasteiger partial charge in [-0.1, -0.05) is 42.5 Å². The summed E-state index contributed by atoms with van der Waals surface area (Å²) in [5, 5.41) is 5.57. The van der Waals surface area contributed by atoms with E-state index in [-0.39, 0.29) is 29.4 Å². The van der Waals surface area contributed by atoms with E-state index in [0.717, 1.165) is 28.8 Å². The maximum atomic E-state index is 12.2. The highest BCUT2D eigenvalue weighted by atomic mass is 32.2. The number of carbonyl (C=O) groups is 2. The van der Waals surface area contributed by atoms with Gasteiger partial charge < -0.3 is 15.4 Å². The molecule has 1 aliphatic heterocycles. The first-order valence-electron chi connectivity index (χ1n) is 9.61. The van der Waals surface area contributed by atoms with Gasteiger partial charge in [-0.25, -0.2) is 0 Å². The van der Waals surface area contributed by atoms with Crippen molar-refractivity contribution >= 4 is 28.3 Å². The van der Waals surface area contributed by atoms with Crippen LogP contribution in [0.15, 0.2) is 42.5 Å². The van der Waals surface area contributed by atoms with Gasteiger partial charge in [0.2, 0.25) is 11.8 Å². The Morgan fingerprint density at radius 1 is 1.03 bits per heavy atom. The third-order valence-corrected chi connectivity index (χ3v) is 6.08. The molecule has 2 aromatic rings. The lowest BCUT2D eigenvalue weighted by molar-refractivity contribution is -0.119. The number of rotatable bonds is 7. The minimum absolute atomic E-state index is 0.204. The molecule has 0 aromatic heterocycles. The number of ether oxygens (including phenoxy) is 1. The van der Waals surface area contributed by atoms with Crippen LogP contribution >= 0.6 is 0 Å². The van der Waals surface area contributed by atoms with E-state index in [1.54, 1.807) is 0 Å². The Labute approximate surface area is 173 Å². The van der Waals surface area contributed by atoms with Crippen LogP contribution in [-0.4, -0.2) is 40.7 Å². The van der Waals surface area contributed by atoms with Gasteiger partial charge in [-0.2, -0.15) is 0 Å². The molecule has 0 bridgehead atoms. The topological polar surface area (TPSA) is 84.5 Å². The molecule has 154 valence electrons. The predicted octanol–water partition coefficient (Wildman–Crippen LogP) is 2.42. The average molecular weight is 415 g/mol. The quantitative estimate of drug-likeness (QED) is 0.729. The fourth-order valence-corrected chi connectivity index (χ4v) is 4.30. The van der Waals surface area contributed by atoms with Gasteiger partial charge in [0.25, 0.3) is 0 Å². The first-order chi connectivity index (χ1) is 13.9. The van der Waals surface area contributed by atoms with Gasteiger partial charge >= 0.3 is 0 Å². The summed E-state index contributed by atoms with van der Waals surface area (Å²) >= 11 is 0. The first kappa shape index (κ1) is 21.2. The van der Waals surface area contributed by atoms with Crippen molar-refractivity contribution in [2.45, 2.75) is 26.4 Å². The number of fused-ring (bicyclic) bond motifs is 1. The summed E-state index contributed by atoms with van der Waals surface area (Å²) in [6.45, 7) is 4.74. The van der Waals surface area contributed by atoms with Gasteiger partial charge in [-0.15, -0.1) is 0 Å². The highest BCUT2D eigenvalue weighted by Crippen LogP contribution is 2.26. The summed E-state index contributed by atoms with van der Waals surface area (Å²) < 4.78 is 18.0.